The number of hydrogen-bond donors (Lipinski definition) is 2. The van der Waals surface area contributed by atoms with Crippen LogP contribution in [-0.2, 0) is 6.54 Å². The van der Waals surface area contributed by atoms with Crippen LogP contribution in [-0.4, -0.2) is 16.4 Å². The monoisotopic (exact) mass is 270 g/mol. The molecule has 3 N–H and O–H groups in total. The lowest BCUT2D eigenvalue weighted by atomic mass is 10.1. The second-order valence-corrected chi connectivity index (χ2v) is 4.58. The highest BCUT2D eigenvalue weighted by Crippen LogP contribution is 2.15. The van der Waals surface area contributed by atoms with Gasteiger partial charge >= 0.3 is 0 Å². The van der Waals surface area contributed by atoms with Gasteiger partial charge in [-0.15, -0.1) is 0 Å². The summed E-state index contributed by atoms with van der Waals surface area (Å²) in [5.74, 6) is -0.182. The molecule has 0 saturated heterocycles. The number of carbonyl (C=O) groups is 1. The number of nitrogens with two attached hydrogens (primary N) is 1. The molecule has 0 saturated carbocycles. The van der Waals surface area contributed by atoms with Crippen molar-refractivity contribution in [3.8, 4) is 0 Å². The van der Waals surface area contributed by atoms with Gasteiger partial charge < -0.3 is 0 Å². The smallest absolute Gasteiger partial charge is 0.285 e. The van der Waals surface area contributed by atoms with E-state index in [1.54, 1.807) is 4.68 Å². The molecule has 1 heterocycles. The topological polar surface area (TPSA) is 58.1 Å². The van der Waals surface area contributed by atoms with Crippen LogP contribution in [0.3, 0.4) is 0 Å². The SMILES string of the molecule is NC1=[N+](NC(=O)c2ccc(F)cc2)Cc2ccccc21. The second kappa shape index (κ2) is 4.77. The van der Waals surface area contributed by atoms with E-state index in [1.807, 2.05) is 24.3 Å². The van der Waals surface area contributed by atoms with E-state index >= 15 is 0 Å². The molecule has 4 nitrogen and oxygen atoms in total. The molecule has 0 aromatic heterocycles. The summed E-state index contributed by atoms with van der Waals surface area (Å²) < 4.78 is 14.4. The van der Waals surface area contributed by atoms with Crippen molar-refractivity contribution in [1.29, 1.82) is 0 Å². The minimum absolute atomic E-state index is 0.319. The van der Waals surface area contributed by atoms with Crippen LogP contribution >= 0.6 is 0 Å². The molecule has 20 heavy (non-hydrogen) atoms. The molecule has 100 valence electrons. The van der Waals surface area contributed by atoms with E-state index in [4.69, 9.17) is 5.73 Å². The molecule has 1 aliphatic rings. The highest BCUT2D eigenvalue weighted by molar-refractivity contribution is 5.98. The predicted octanol–water partition coefficient (Wildman–Crippen LogP) is 1.40. The molecule has 2 aromatic carbocycles. The van der Waals surface area contributed by atoms with Gasteiger partial charge in [0.25, 0.3) is 11.7 Å². The third-order valence-electron chi connectivity index (χ3n) is 3.26. The van der Waals surface area contributed by atoms with Gasteiger partial charge in [-0.25, -0.2) is 4.39 Å². The fraction of sp³-hybridized carbons (Fsp3) is 0.0667. The molecule has 0 radical (unpaired) electrons. The molecule has 0 aliphatic carbocycles. The minimum Gasteiger partial charge on any atom is -0.285 e. The van der Waals surface area contributed by atoms with Crippen molar-refractivity contribution >= 4 is 11.7 Å². The first kappa shape index (κ1) is 12.3. The Kier molecular flexibility index (Phi) is 2.95. The Bertz CT molecular complexity index is 707. The maximum Gasteiger partial charge on any atom is 0.299 e. The first-order valence-corrected chi connectivity index (χ1v) is 6.20. The molecule has 5 heteroatoms. The van der Waals surface area contributed by atoms with Crippen LogP contribution in [0.4, 0.5) is 4.39 Å². The van der Waals surface area contributed by atoms with Gasteiger partial charge in [0, 0.05) is 11.1 Å². The lowest BCUT2D eigenvalue weighted by molar-refractivity contribution is -0.584. The Balaban J connectivity index is 1.81. The van der Waals surface area contributed by atoms with Crippen LogP contribution in [0, 0.1) is 5.82 Å². The summed E-state index contributed by atoms with van der Waals surface area (Å²) in [7, 11) is 0. The summed E-state index contributed by atoms with van der Waals surface area (Å²) in [5.41, 5.74) is 11.1. The molecule has 1 aliphatic heterocycles. The number of fused-ring (bicyclic) bond motifs is 1. The number of hydrazone groups is 1. The van der Waals surface area contributed by atoms with Crippen LogP contribution in [0.25, 0.3) is 0 Å². The average Bonchev–Trinajstić information content (AvgIpc) is 2.77. The first-order chi connectivity index (χ1) is 9.65. The van der Waals surface area contributed by atoms with Gasteiger partial charge in [-0.2, -0.15) is 10.1 Å². The van der Waals surface area contributed by atoms with Crippen molar-refractivity contribution < 1.29 is 13.9 Å². The molecule has 0 fully saturated rings. The Morgan fingerprint density at radius 1 is 1.15 bits per heavy atom. The molecule has 0 spiro atoms. The first-order valence-electron chi connectivity index (χ1n) is 6.20. The van der Waals surface area contributed by atoms with Crippen LogP contribution in [0.5, 0.6) is 0 Å². The summed E-state index contributed by atoms with van der Waals surface area (Å²) >= 11 is 0. The predicted molar refractivity (Wildman–Crippen MR) is 72.6 cm³/mol. The van der Waals surface area contributed by atoms with Gasteiger partial charge in [0.1, 0.15) is 12.4 Å². The number of amidine groups is 1. The minimum atomic E-state index is -0.374. The van der Waals surface area contributed by atoms with Crippen molar-refractivity contribution in [1.82, 2.24) is 5.43 Å². The van der Waals surface area contributed by atoms with Crippen molar-refractivity contribution in [3.63, 3.8) is 0 Å². The molecular weight excluding hydrogens is 257 g/mol. The zero-order chi connectivity index (χ0) is 14.1. The number of halogens is 1. The van der Waals surface area contributed by atoms with Gasteiger partial charge in [-0.3, -0.25) is 10.5 Å². The zero-order valence-corrected chi connectivity index (χ0v) is 10.6. The standard InChI is InChI=1S/C15H12FN3O/c16-12-7-5-10(6-8-12)15(20)18-19-9-11-3-1-2-4-13(11)14(19)17/h1-8,17H,9H2,(H,18,20)/p+1. The highest BCUT2D eigenvalue weighted by atomic mass is 19.1. The normalized spacial score (nSPS) is 13.2. The maximum atomic E-state index is 12.8. The summed E-state index contributed by atoms with van der Waals surface area (Å²) in [6.45, 7) is 0.523. The molecule has 3 rings (SSSR count). The van der Waals surface area contributed by atoms with E-state index in [2.05, 4.69) is 5.43 Å². The van der Waals surface area contributed by atoms with Gasteiger partial charge in [-0.1, -0.05) is 18.2 Å². The Hall–Kier alpha value is -2.69. The van der Waals surface area contributed by atoms with Crippen molar-refractivity contribution in [2.24, 2.45) is 5.73 Å². The van der Waals surface area contributed by atoms with Gasteiger partial charge in [0.2, 0.25) is 0 Å². The van der Waals surface area contributed by atoms with Crippen LogP contribution in [0.2, 0.25) is 0 Å². The van der Waals surface area contributed by atoms with Gasteiger partial charge in [0.05, 0.1) is 5.56 Å². The van der Waals surface area contributed by atoms with Crippen molar-refractivity contribution in [3.05, 3.63) is 71.0 Å². The number of benzene rings is 2. The highest BCUT2D eigenvalue weighted by Gasteiger charge is 2.25. The summed E-state index contributed by atoms with van der Waals surface area (Å²) in [4.78, 5) is 12.1. The number of hydrazine groups is 1. The zero-order valence-electron chi connectivity index (χ0n) is 10.6. The number of carbonyl (C=O) groups excluding carboxylic acids is 1. The molecule has 0 unspecified atom stereocenters. The lowest BCUT2D eigenvalue weighted by Gasteiger charge is -2.05. The van der Waals surface area contributed by atoms with Crippen LogP contribution < -0.4 is 11.2 Å². The fourth-order valence-corrected chi connectivity index (χ4v) is 2.20. The average molecular weight is 270 g/mol. The van der Waals surface area contributed by atoms with Crippen molar-refractivity contribution in [2.45, 2.75) is 6.54 Å². The quantitative estimate of drug-likeness (QED) is 0.810. The largest absolute Gasteiger partial charge is 0.299 e. The van der Waals surface area contributed by atoms with Gasteiger partial charge in [0.15, 0.2) is 0 Å². The van der Waals surface area contributed by atoms with Gasteiger partial charge in [-0.05, 0) is 30.3 Å². The maximum absolute atomic E-state index is 12.8. The van der Waals surface area contributed by atoms with E-state index in [-0.39, 0.29) is 11.7 Å². The fourth-order valence-electron chi connectivity index (χ4n) is 2.20. The Morgan fingerprint density at radius 2 is 1.85 bits per heavy atom. The summed E-state index contributed by atoms with van der Waals surface area (Å²) in [5, 5.41) is 0. The van der Waals surface area contributed by atoms with E-state index in [9.17, 15) is 9.18 Å². The number of nitrogens with one attached hydrogen (secondary N) is 1. The number of nitrogens with zero attached hydrogens (tertiary/aromatic N) is 1. The molecule has 0 atom stereocenters. The number of hydrogen-bond acceptors (Lipinski definition) is 2. The lowest BCUT2D eigenvalue weighted by Crippen LogP contribution is -2.38. The molecular formula is C15H13FN3O+. The molecule has 0 bridgehead atoms. The number of amides is 1. The van der Waals surface area contributed by atoms with E-state index < -0.39 is 0 Å². The van der Waals surface area contributed by atoms with E-state index in [0.717, 1.165) is 11.1 Å². The summed E-state index contributed by atoms with van der Waals surface area (Å²) in [6.07, 6.45) is 0. The Labute approximate surface area is 115 Å². The van der Waals surface area contributed by atoms with Crippen LogP contribution in [0.15, 0.2) is 48.5 Å². The van der Waals surface area contributed by atoms with Crippen LogP contribution in [0.1, 0.15) is 21.5 Å². The van der Waals surface area contributed by atoms with E-state index in [1.165, 1.54) is 24.3 Å². The third-order valence-corrected chi connectivity index (χ3v) is 3.26. The molecule has 2 aromatic rings. The third kappa shape index (κ3) is 2.14. The van der Waals surface area contributed by atoms with E-state index in [0.29, 0.717) is 17.9 Å². The number of rotatable bonds is 2. The Morgan fingerprint density at radius 3 is 2.55 bits per heavy atom. The second-order valence-electron chi connectivity index (χ2n) is 4.58. The van der Waals surface area contributed by atoms with Crippen molar-refractivity contribution in [2.75, 3.05) is 0 Å². The molecule has 1 amide bonds. The summed E-state index contributed by atoms with van der Waals surface area (Å²) in [6, 6.07) is 13.1.